The summed E-state index contributed by atoms with van der Waals surface area (Å²) in [6, 6.07) is 7.26. The lowest BCUT2D eigenvalue weighted by Crippen LogP contribution is -2.44. The van der Waals surface area contributed by atoms with Crippen molar-refractivity contribution < 1.29 is 9.59 Å². The van der Waals surface area contributed by atoms with Crippen molar-refractivity contribution in [2.24, 2.45) is 0 Å². The van der Waals surface area contributed by atoms with Crippen LogP contribution in [0, 0.1) is 0 Å². The molecule has 1 heterocycles. The molecule has 0 aromatic heterocycles. The van der Waals surface area contributed by atoms with Gasteiger partial charge in [-0.05, 0) is 25.0 Å². The van der Waals surface area contributed by atoms with Crippen LogP contribution in [0.25, 0.3) is 0 Å². The first kappa shape index (κ1) is 17.4. The molecule has 0 unspecified atom stereocenters. The average molecular weight is 339 g/mol. The fourth-order valence-corrected chi connectivity index (χ4v) is 2.71. The number of urea groups is 2. The third-order valence-corrected chi connectivity index (χ3v) is 4.15. The highest BCUT2D eigenvalue weighted by atomic mass is 35.5. The Morgan fingerprint density at radius 2 is 1.65 bits per heavy atom. The van der Waals surface area contributed by atoms with Gasteiger partial charge in [-0.1, -0.05) is 29.8 Å². The molecule has 7 heteroatoms. The summed E-state index contributed by atoms with van der Waals surface area (Å²) in [5.41, 5.74) is 0.890. The van der Waals surface area contributed by atoms with Gasteiger partial charge in [0.15, 0.2) is 0 Å². The highest BCUT2D eigenvalue weighted by Gasteiger charge is 2.21. The second kappa shape index (κ2) is 8.62. The van der Waals surface area contributed by atoms with Gasteiger partial charge in [-0.3, -0.25) is 0 Å². The summed E-state index contributed by atoms with van der Waals surface area (Å²) >= 11 is 6.09. The van der Waals surface area contributed by atoms with E-state index in [0.717, 1.165) is 12.0 Å². The van der Waals surface area contributed by atoms with Gasteiger partial charge in [-0.2, -0.15) is 0 Å². The van der Waals surface area contributed by atoms with E-state index in [4.69, 9.17) is 11.6 Å². The van der Waals surface area contributed by atoms with E-state index in [1.165, 1.54) is 0 Å². The zero-order chi connectivity index (χ0) is 16.7. The largest absolute Gasteiger partial charge is 0.338 e. The Kier molecular flexibility index (Phi) is 6.52. The topological polar surface area (TPSA) is 64.7 Å². The van der Waals surface area contributed by atoms with Gasteiger partial charge in [0.25, 0.3) is 0 Å². The van der Waals surface area contributed by atoms with Crippen molar-refractivity contribution in [3.63, 3.8) is 0 Å². The predicted octanol–water partition coefficient (Wildman–Crippen LogP) is 2.29. The van der Waals surface area contributed by atoms with Crippen LogP contribution in [0.1, 0.15) is 18.9 Å². The molecule has 0 bridgehead atoms. The molecular formula is C16H23ClN4O2. The number of rotatable bonds is 3. The predicted molar refractivity (Wildman–Crippen MR) is 90.5 cm³/mol. The first-order valence-corrected chi connectivity index (χ1v) is 8.28. The number of hydrogen-bond acceptors (Lipinski definition) is 2. The monoisotopic (exact) mass is 338 g/mol. The Morgan fingerprint density at radius 3 is 2.26 bits per heavy atom. The van der Waals surface area contributed by atoms with E-state index in [1.807, 2.05) is 25.1 Å². The summed E-state index contributed by atoms with van der Waals surface area (Å²) in [6.45, 7) is 5.29. The maximum Gasteiger partial charge on any atom is 0.317 e. The first-order chi connectivity index (χ1) is 11.1. The third-order valence-electron chi connectivity index (χ3n) is 3.79. The fraction of sp³-hybridized carbons (Fsp3) is 0.500. The van der Waals surface area contributed by atoms with Crippen molar-refractivity contribution >= 4 is 23.7 Å². The molecule has 2 rings (SSSR count). The minimum Gasteiger partial charge on any atom is -0.338 e. The SMILES string of the molecule is CCNC(=O)N1CCCN(C(=O)NCc2ccccc2Cl)CC1. The molecule has 126 valence electrons. The Hall–Kier alpha value is -1.95. The summed E-state index contributed by atoms with van der Waals surface area (Å²) < 4.78 is 0. The van der Waals surface area contributed by atoms with E-state index in [9.17, 15) is 9.59 Å². The van der Waals surface area contributed by atoms with Crippen LogP contribution in [0.3, 0.4) is 0 Å². The Balaban J connectivity index is 1.83. The summed E-state index contributed by atoms with van der Waals surface area (Å²) in [6.07, 6.45) is 0.774. The van der Waals surface area contributed by atoms with Crippen molar-refractivity contribution in [3.05, 3.63) is 34.9 Å². The Labute approximate surface area is 141 Å². The van der Waals surface area contributed by atoms with E-state index in [1.54, 1.807) is 15.9 Å². The number of hydrogen-bond donors (Lipinski definition) is 2. The van der Waals surface area contributed by atoms with Crippen molar-refractivity contribution in [2.75, 3.05) is 32.7 Å². The second-order valence-corrected chi connectivity index (χ2v) is 5.82. The molecule has 1 aromatic carbocycles. The normalized spacial score (nSPS) is 15.0. The van der Waals surface area contributed by atoms with Gasteiger partial charge in [0.05, 0.1) is 0 Å². The van der Waals surface area contributed by atoms with Crippen LogP contribution in [-0.4, -0.2) is 54.6 Å². The summed E-state index contributed by atoms with van der Waals surface area (Å²) in [5, 5.41) is 6.33. The van der Waals surface area contributed by atoms with E-state index in [0.29, 0.717) is 44.3 Å². The number of amides is 4. The quantitative estimate of drug-likeness (QED) is 0.888. The number of nitrogens with one attached hydrogen (secondary N) is 2. The van der Waals surface area contributed by atoms with Crippen LogP contribution in [-0.2, 0) is 6.54 Å². The highest BCUT2D eigenvalue weighted by molar-refractivity contribution is 6.31. The van der Waals surface area contributed by atoms with Crippen LogP contribution in [0.4, 0.5) is 9.59 Å². The van der Waals surface area contributed by atoms with Gasteiger partial charge < -0.3 is 20.4 Å². The van der Waals surface area contributed by atoms with Crippen molar-refractivity contribution in [1.29, 1.82) is 0 Å². The van der Waals surface area contributed by atoms with Crippen molar-refractivity contribution in [2.45, 2.75) is 19.9 Å². The molecule has 0 atom stereocenters. The van der Waals surface area contributed by atoms with Crippen molar-refractivity contribution in [1.82, 2.24) is 20.4 Å². The fourth-order valence-electron chi connectivity index (χ4n) is 2.51. The molecular weight excluding hydrogens is 316 g/mol. The molecule has 1 aromatic rings. The van der Waals surface area contributed by atoms with Gasteiger partial charge in [-0.15, -0.1) is 0 Å². The molecule has 6 nitrogen and oxygen atoms in total. The third kappa shape index (κ3) is 5.03. The second-order valence-electron chi connectivity index (χ2n) is 5.41. The number of nitrogens with zero attached hydrogens (tertiary/aromatic N) is 2. The molecule has 1 fully saturated rings. The average Bonchev–Trinajstić information content (AvgIpc) is 2.80. The van der Waals surface area contributed by atoms with E-state index < -0.39 is 0 Å². The maximum atomic E-state index is 12.3. The molecule has 0 radical (unpaired) electrons. The van der Waals surface area contributed by atoms with Crippen LogP contribution >= 0.6 is 11.6 Å². The molecule has 1 aliphatic heterocycles. The van der Waals surface area contributed by atoms with Crippen LogP contribution in [0.5, 0.6) is 0 Å². The van der Waals surface area contributed by atoms with Crippen LogP contribution in [0.2, 0.25) is 5.02 Å². The van der Waals surface area contributed by atoms with Crippen molar-refractivity contribution in [3.8, 4) is 0 Å². The van der Waals surface area contributed by atoms with Gasteiger partial charge in [0.1, 0.15) is 0 Å². The van der Waals surface area contributed by atoms with E-state index >= 15 is 0 Å². The summed E-state index contributed by atoms with van der Waals surface area (Å²) in [5.74, 6) is 0. The Bertz CT molecular complexity index is 553. The first-order valence-electron chi connectivity index (χ1n) is 7.90. The molecule has 1 saturated heterocycles. The standard InChI is InChI=1S/C16H23ClN4O2/c1-2-18-15(22)20-8-5-9-21(11-10-20)16(23)19-12-13-6-3-4-7-14(13)17/h3-4,6-7H,2,5,8-12H2,1H3,(H,18,22)(H,19,23). The summed E-state index contributed by atoms with van der Waals surface area (Å²) in [7, 11) is 0. The smallest absolute Gasteiger partial charge is 0.317 e. The van der Waals surface area contributed by atoms with E-state index in [2.05, 4.69) is 10.6 Å². The van der Waals surface area contributed by atoms with E-state index in [-0.39, 0.29) is 12.1 Å². The highest BCUT2D eigenvalue weighted by Crippen LogP contribution is 2.14. The van der Waals surface area contributed by atoms with Gasteiger partial charge in [-0.25, -0.2) is 9.59 Å². The maximum absolute atomic E-state index is 12.3. The molecule has 23 heavy (non-hydrogen) atoms. The molecule has 0 saturated carbocycles. The Morgan fingerprint density at radius 1 is 1.04 bits per heavy atom. The number of benzene rings is 1. The number of carbonyl (C=O) groups is 2. The molecule has 2 N–H and O–H groups in total. The van der Waals surface area contributed by atoms with Crippen LogP contribution < -0.4 is 10.6 Å². The zero-order valence-electron chi connectivity index (χ0n) is 13.3. The number of halogens is 1. The van der Waals surface area contributed by atoms with Gasteiger partial charge in [0.2, 0.25) is 0 Å². The van der Waals surface area contributed by atoms with Crippen LogP contribution in [0.15, 0.2) is 24.3 Å². The number of carbonyl (C=O) groups excluding carboxylic acids is 2. The van der Waals surface area contributed by atoms with Gasteiger partial charge in [0, 0.05) is 44.3 Å². The summed E-state index contributed by atoms with van der Waals surface area (Å²) in [4.78, 5) is 27.6. The lowest BCUT2D eigenvalue weighted by Gasteiger charge is -2.22. The minimum atomic E-state index is -0.123. The lowest BCUT2D eigenvalue weighted by molar-refractivity contribution is 0.191. The molecule has 4 amide bonds. The van der Waals surface area contributed by atoms with Gasteiger partial charge >= 0.3 is 12.1 Å². The zero-order valence-corrected chi connectivity index (χ0v) is 14.1. The molecule has 0 spiro atoms. The minimum absolute atomic E-state index is 0.0641. The molecule has 1 aliphatic rings. The lowest BCUT2D eigenvalue weighted by atomic mass is 10.2. The molecule has 0 aliphatic carbocycles.